The van der Waals surface area contributed by atoms with Gasteiger partial charge >= 0.3 is 5.97 Å². The van der Waals surface area contributed by atoms with Crippen molar-refractivity contribution < 1.29 is 14.6 Å². The van der Waals surface area contributed by atoms with Gasteiger partial charge in [-0.3, -0.25) is 4.79 Å². The number of anilines is 2. The zero-order chi connectivity index (χ0) is 13.7. The maximum atomic E-state index is 10.7. The Balaban J connectivity index is 2.15. The second kappa shape index (κ2) is 5.91. The van der Waals surface area contributed by atoms with E-state index in [2.05, 4.69) is 5.32 Å². The minimum Gasteiger partial charge on any atom is -0.497 e. The molecule has 0 aliphatic carbocycles. The van der Waals surface area contributed by atoms with Crippen LogP contribution >= 0.6 is 0 Å². The molecule has 0 spiro atoms. The van der Waals surface area contributed by atoms with Gasteiger partial charge in [-0.15, -0.1) is 0 Å². The predicted octanol–water partition coefficient (Wildman–Crippen LogP) is 3.07. The molecule has 2 rings (SSSR count). The molecule has 0 heterocycles. The summed E-state index contributed by atoms with van der Waals surface area (Å²) in [5.41, 5.74) is 2.51. The number of carboxylic acids is 1. The third-order valence-electron chi connectivity index (χ3n) is 2.64. The molecule has 0 saturated heterocycles. The largest absolute Gasteiger partial charge is 0.497 e. The number of carboxylic acid groups (broad SMARTS) is 1. The third kappa shape index (κ3) is 3.74. The molecule has 4 heteroatoms. The van der Waals surface area contributed by atoms with E-state index >= 15 is 0 Å². The number of hydrogen-bond acceptors (Lipinski definition) is 3. The van der Waals surface area contributed by atoms with Crippen LogP contribution in [0.25, 0.3) is 0 Å². The average molecular weight is 257 g/mol. The molecule has 0 bridgehead atoms. The van der Waals surface area contributed by atoms with E-state index in [-0.39, 0.29) is 6.42 Å². The fourth-order valence-electron chi connectivity index (χ4n) is 1.80. The van der Waals surface area contributed by atoms with Gasteiger partial charge in [0, 0.05) is 17.4 Å². The summed E-state index contributed by atoms with van der Waals surface area (Å²) in [7, 11) is 1.62. The van der Waals surface area contributed by atoms with Crippen LogP contribution in [0.2, 0.25) is 0 Å². The van der Waals surface area contributed by atoms with E-state index in [0.29, 0.717) is 0 Å². The molecule has 2 N–H and O–H groups in total. The SMILES string of the molecule is COc1cccc(Nc2cccc(CC(=O)O)c2)c1. The van der Waals surface area contributed by atoms with Crippen LogP contribution in [-0.2, 0) is 11.2 Å². The van der Waals surface area contributed by atoms with Gasteiger partial charge in [0.05, 0.1) is 13.5 Å². The first kappa shape index (κ1) is 13.0. The monoisotopic (exact) mass is 257 g/mol. The van der Waals surface area contributed by atoms with Crippen LogP contribution in [0.5, 0.6) is 5.75 Å². The number of benzene rings is 2. The lowest BCUT2D eigenvalue weighted by Crippen LogP contribution is -2.00. The Kier molecular flexibility index (Phi) is 4.03. The molecule has 0 aromatic heterocycles. The first-order chi connectivity index (χ1) is 9.17. The molecule has 98 valence electrons. The highest BCUT2D eigenvalue weighted by Gasteiger charge is 2.02. The molecule has 0 amide bonds. The maximum Gasteiger partial charge on any atom is 0.307 e. The number of hydrogen-bond donors (Lipinski definition) is 2. The molecule has 0 fully saturated rings. The van der Waals surface area contributed by atoms with Crippen LogP contribution in [0, 0.1) is 0 Å². The molecule has 0 saturated carbocycles. The van der Waals surface area contributed by atoms with Crippen LogP contribution in [0.1, 0.15) is 5.56 Å². The highest BCUT2D eigenvalue weighted by atomic mass is 16.5. The van der Waals surface area contributed by atoms with Gasteiger partial charge in [0.1, 0.15) is 5.75 Å². The number of nitrogens with one attached hydrogen (secondary N) is 1. The summed E-state index contributed by atoms with van der Waals surface area (Å²) in [5, 5.41) is 12.0. The standard InChI is InChI=1S/C15H15NO3/c1-19-14-7-3-6-13(10-14)16-12-5-2-4-11(8-12)9-15(17)18/h2-8,10,16H,9H2,1H3,(H,17,18). The average Bonchev–Trinajstić information content (AvgIpc) is 2.38. The quantitative estimate of drug-likeness (QED) is 0.864. The van der Waals surface area contributed by atoms with Crippen molar-refractivity contribution in [1.29, 1.82) is 0 Å². The Morgan fingerprint density at radius 1 is 1.16 bits per heavy atom. The molecule has 2 aromatic carbocycles. The summed E-state index contributed by atoms with van der Waals surface area (Å²) >= 11 is 0. The van der Waals surface area contributed by atoms with E-state index in [4.69, 9.17) is 9.84 Å². The Bertz CT molecular complexity index is 581. The highest BCUT2D eigenvalue weighted by molar-refractivity contribution is 5.71. The van der Waals surface area contributed by atoms with Gasteiger partial charge in [-0.25, -0.2) is 0 Å². The lowest BCUT2D eigenvalue weighted by Gasteiger charge is -2.09. The Morgan fingerprint density at radius 2 is 1.84 bits per heavy atom. The molecule has 0 atom stereocenters. The maximum absolute atomic E-state index is 10.7. The van der Waals surface area contributed by atoms with Crippen molar-refractivity contribution in [2.75, 3.05) is 12.4 Å². The van der Waals surface area contributed by atoms with Gasteiger partial charge in [-0.1, -0.05) is 18.2 Å². The smallest absolute Gasteiger partial charge is 0.307 e. The molecule has 0 radical (unpaired) electrons. The lowest BCUT2D eigenvalue weighted by molar-refractivity contribution is -0.136. The van der Waals surface area contributed by atoms with Crippen LogP contribution in [0.3, 0.4) is 0 Å². The number of rotatable bonds is 5. The third-order valence-corrected chi connectivity index (χ3v) is 2.64. The normalized spacial score (nSPS) is 9.95. The van der Waals surface area contributed by atoms with Gasteiger partial charge in [0.25, 0.3) is 0 Å². The minimum absolute atomic E-state index is 0.0215. The van der Waals surface area contributed by atoms with Gasteiger partial charge in [-0.2, -0.15) is 0 Å². The van der Waals surface area contributed by atoms with Crippen molar-refractivity contribution in [3.63, 3.8) is 0 Å². The van der Waals surface area contributed by atoms with E-state index < -0.39 is 5.97 Å². The van der Waals surface area contributed by atoms with Crippen LogP contribution in [0.15, 0.2) is 48.5 Å². The number of methoxy groups -OCH3 is 1. The second-order valence-corrected chi connectivity index (χ2v) is 4.13. The second-order valence-electron chi connectivity index (χ2n) is 4.13. The topological polar surface area (TPSA) is 58.6 Å². The first-order valence-electron chi connectivity index (χ1n) is 5.89. The van der Waals surface area contributed by atoms with E-state index in [1.807, 2.05) is 42.5 Å². The van der Waals surface area contributed by atoms with E-state index in [0.717, 1.165) is 22.7 Å². The Hall–Kier alpha value is -2.49. The zero-order valence-electron chi connectivity index (χ0n) is 10.6. The zero-order valence-corrected chi connectivity index (χ0v) is 10.6. The van der Waals surface area contributed by atoms with Crippen LogP contribution in [0.4, 0.5) is 11.4 Å². The molecule has 0 unspecified atom stereocenters. The summed E-state index contributed by atoms with van der Waals surface area (Å²) in [6.07, 6.45) is 0.0215. The molecule has 2 aromatic rings. The number of aliphatic carboxylic acids is 1. The summed E-state index contributed by atoms with van der Waals surface area (Å²) in [6.45, 7) is 0. The van der Waals surface area contributed by atoms with Crippen molar-refractivity contribution >= 4 is 17.3 Å². The molecule has 0 aliphatic rings. The fraction of sp³-hybridized carbons (Fsp3) is 0.133. The van der Waals surface area contributed by atoms with Crippen molar-refractivity contribution in [1.82, 2.24) is 0 Å². The molecular formula is C15H15NO3. The Morgan fingerprint density at radius 3 is 2.53 bits per heavy atom. The Labute approximate surface area is 111 Å². The van der Waals surface area contributed by atoms with Gasteiger partial charge < -0.3 is 15.2 Å². The fourth-order valence-corrected chi connectivity index (χ4v) is 1.80. The van der Waals surface area contributed by atoms with E-state index in [1.54, 1.807) is 13.2 Å². The van der Waals surface area contributed by atoms with Gasteiger partial charge in [-0.05, 0) is 29.8 Å². The lowest BCUT2D eigenvalue weighted by atomic mass is 10.1. The highest BCUT2D eigenvalue weighted by Crippen LogP contribution is 2.22. The van der Waals surface area contributed by atoms with E-state index in [9.17, 15) is 4.79 Å². The molecular weight excluding hydrogens is 242 g/mol. The summed E-state index contributed by atoms with van der Waals surface area (Å²) in [6, 6.07) is 14.9. The van der Waals surface area contributed by atoms with Crippen molar-refractivity contribution in [2.45, 2.75) is 6.42 Å². The van der Waals surface area contributed by atoms with Gasteiger partial charge in [0.2, 0.25) is 0 Å². The predicted molar refractivity (Wildman–Crippen MR) is 74.1 cm³/mol. The number of ether oxygens (including phenoxy) is 1. The summed E-state index contributed by atoms with van der Waals surface area (Å²) in [5.74, 6) is -0.0646. The molecule has 19 heavy (non-hydrogen) atoms. The first-order valence-corrected chi connectivity index (χ1v) is 5.89. The molecule has 0 aliphatic heterocycles. The molecule has 4 nitrogen and oxygen atoms in total. The minimum atomic E-state index is -0.835. The summed E-state index contributed by atoms with van der Waals surface area (Å²) in [4.78, 5) is 10.7. The van der Waals surface area contributed by atoms with Crippen LogP contribution < -0.4 is 10.1 Å². The van der Waals surface area contributed by atoms with Gasteiger partial charge in [0.15, 0.2) is 0 Å². The van der Waals surface area contributed by atoms with Crippen molar-refractivity contribution in [3.05, 3.63) is 54.1 Å². The van der Waals surface area contributed by atoms with Crippen LogP contribution in [-0.4, -0.2) is 18.2 Å². The van der Waals surface area contributed by atoms with E-state index in [1.165, 1.54) is 0 Å². The summed E-state index contributed by atoms with van der Waals surface area (Å²) < 4.78 is 5.15. The van der Waals surface area contributed by atoms with Crippen molar-refractivity contribution in [2.24, 2.45) is 0 Å². The number of carbonyl (C=O) groups is 1. The van der Waals surface area contributed by atoms with Crippen molar-refractivity contribution in [3.8, 4) is 5.75 Å².